The van der Waals surface area contributed by atoms with Crippen molar-refractivity contribution in [3.05, 3.63) is 280 Å². The summed E-state index contributed by atoms with van der Waals surface area (Å²) < 4.78 is 0. The van der Waals surface area contributed by atoms with Gasteiger partial charge in [-0.15, -0.1) is 0 Å². The van der Waals surface area contributed by atoms with Crippen LogP contribution in [0.3, 0.4) is 0 Å². The van der Waals surface area contributed by atoms with Crippen molar-refractivity contribution in [2.75, 3.05) is 0 Å². The van der Waals surface area contributed by atoms with E-state index >= 15 is 0 Å². The van der Waals surface area contributed by atoms with E-state index in [9.17, 15) is 0 Å². The van der Waals surface area contributed by atoms with Gasteiger partial charge in [-0.25, -0.2) is 24.9 Å². The molecule has 2 heterocycles. The van der Waals surface area contributed by atoms with E-state index in [0.717, 1.165) is 90.5 Å². The summed E-state index contributed by atoms with van der Waals surface area (Å²) in [6.45, 7) is 8.54. The first kappa shape index (κ1) is 53.7. The summed E-state index contributed by atoms with van der Waals surface area (Å²) in [6.07, 6.45) is 6.62. The van der Waals surface area contributed by atoms with Crippen molar-refractivity contribution >= 4 is 80.5 Å². The van der Waals surface area contributed by atoms with Crippen LogP contribution in [-0.4, -0.2) is 38.9 Å². The Morgan fingerprint density at radius 2 is 0.819 bits per heavy atom. The number of benzene rings is 6. The van der Waals surface area contributed by atoms with Gasteiger partial charge in [-0.3, -0.25) is 4.99 Å². The van der Waals surface area contributed by atoms with E-state index in [1.165, 1.54) is 11.1 Å². The van der Waals surface area contributed by atoms with Gasteiger partial charge in [-0.2, -0.15) is 0 Å². The molecule has 2 atom stereocenters. The molecule has 1 aliphatic carbocycles. The molecule has 0 bridgehead atoms. The zero-order valence-electron chi connectivity index (χ0n) is 39.8. The van der Waals surface area contributed by atoms with Crippen molar-refractivity contribution in [3.8, 4) is 0 Å². The third kappa shape index (κ3) is 15.0. The average Bonchev–Trinajstić information content (AvgIpc) is 3.41. The Bertz CT molecular complexity index is 3220. The van der Waals surface area contributed by atoms with Gasteiger partial charge in [0, 0.05) is 28.2 Å². The molecule has 0 amide bonds. The number of halogens is 4. The van der Waals surface area contributed by atoms with E-state index in [1.54, 1.807) is 0 Å². The molecular weight excluding hydrogens is 1060 g/mol. The molecule has 2 unspecified atom stereocenters. The SMILES string of the molecule is CC1=CC(C)C(N=C(c2ccccc2)c2cccc(C(=Nc3ccc(N=C(c4ccccc4)c4cccc(C(=Nc5ccc(C)cc5C)c5ccccc5)n4)cc3)c3ccccc3)n2)C=C1.[Cl][Co][Cl].[Cl][Co][Cl]. The number of allylic oxidation sites excluding steroid dienone is 2. The second kappa shape index (κ2) is 27.7. The van der Waals surface area contributed by atoms with Crippen LogP contribution in [0, 0.1) is 19.8 Å². The fourth-order valence-corrected chi connectivity index (χ4v) is 8.09. The van der Waals surface area contributed by atoms with Crippen LogP contribution in [-0.2, 0) is 25.8 Å². The number of nitrogens with zero attached hydrogens (tertiary/aromatic N) is 6. The molecule has 0 aliphatic heterocycles. The number of aryl methyl sites for hydroxylation is 2. The molecule has 0 fully saturated rings. The fraction of sp³-hybridized carbons (Fsp3) is 0.100. The normalized spacial score (nSPS) is 15.0. The Morgan fingerprint density at radius 3 is 1.21 bits per heavy atom. The number of pyridine rings is 2. The Hall–Kier alpha value is -6.05. The minimum absolute atomic E-state index is 0.00562. The summed E-state index contributed by atoms with van der Waals surface area (Å²) >= 11 is 0.764. The maximum absolute atomic E-state index is 5.34. The van der Waals surface area contributed by atoms with Crippen LogP contribution in [0.2, 0.25) is 0 Å². The molecule has 72 heavy (non-hydrogen) atoms. The van der Waals surface area contributed by atoms with Gasteiger partial charge < -0.3 is 0 Å². The summed E-state index contributed by atoms with van der Waals surface area (Å²) in [5.74, 6) is 0.261. The van der Waals surface area contributed by atoms with Gasteiger partial charge in [0.2, 0.25) is 0 Å². The van der Waals surface area contributed by atoms with Crippen molar-refractivity contribution < 1.29 is 25.8 Å². The molecule has 1 aliphatic rings. The van der Waals surface area contributed by atoms with E-state index in [4.69, 9.17) is 70.5 Å². The Morgan fingerprint density at radius 1 is 0.444 bits per heavy atom. The van der Waals surface area contributed by atoms with Crippen LogP contribution in [0.1, 0.15) is 70.0 Å². The molecule has 0 saturated carbocycles. The van der Waals surface area contributed by atoms with Crippen molar-refractivity contribution in [1.29, 1.82) is 0 Å². The van der Waals surface area contributed by atoms with Gasteiger partial charge >= 0.3 is 66.4 Å². The molecule has 366 valence electrons. The quantitative estimate of drug-likeness (QED) is 0.114. The topological polar surface area (TPSA) is 75.2 Å². The number of hydrogen-bond acceptors (Lipinski definition) is 6. The summed E-state index contributed by atoms with van der Waals surface area (Å²) in [4.78, 5) is 31.6. The van der Waals surface area contributed by atoms with Crippen LogP contribution in [0.4, 0.5) is 17.1 Å². The van der Waals surface area contributed by atoms with Crippen LogP contribution in [0.15, 0.2) is 244 Å². The molecule has 6 nitrogen and oxygen atoms in total. The zero-order valence-corrected chi connectivity index (χ0v) is 44.9. The molecule has 0 saturated heterocycles. The fourth-order valence-electron chi connectivity index (χ4n) is 8.09. The van der Waals surface area contributed by atoms with Crippen molar-refractivity contribution in [2.45, 2.75) is 33.7 Å². The first-order valence-corrected chi connectivity index (χ1v) is 28.6. The van der Waals surface area contributed by atoms with Crippen molar-refractivity contribution in [2.24, 2.45) is 25.9 Å². The predicted molar refractivity (Wildman–Crippen MR) is 297 cm³/mol. The molecule has 0 radical (unpaired) electrons. The molecule has 8 aromatic rings. The van der Waals surface area contributed by atoms with E-state index in [2.05, 4.69) is 113 Å². The Kier molecular flexibility index (Phi) is 20.7. The van der Waals surface area contributed by atoms with Gasteiger partial charge in [0.1, 0.15) is 0 Å². The predicted octanol–water partition coefficient (Wildman–Crippen LogP) is 16.7. The molecule has 0 N–H and O–H groups in total. The van der Waals surface area contributed by atoms with Crippen LogP contribution in [0.5, 0.6) is 0 Å². The second-order valence-electron chi connectivity index (χ2n) is 16.7. The summed E-state index contributed by atoms with van der Waals surface area (Å²) in [5.41, 5.74) is 16.1. The van der Waals surface area contributed by atoms with E-state index in [1.807, 2.05) is 133 Å². The molecule has 6 aromatic carbocycles. The number of rotatable bonds is 12. The van der Waals surface area contributed by atoms with Gasteiger partial charge in [0.25, 0.3) is 0 Å². The monoisotopic (exact) mass is 1110 g/mol. The number of aromatic nitrogens is 2. The molecule has 12 heteroatoms. The van der Waals surface area contributed by atoms with Crippen LogP contribution >= 0.6 is 40.6 Å². The molecule has 0 spiro atoms. The Balaban J connectivity index is 0.00000121. The van der Waals surface area contributed by atoms with Crippen LogP contribution < -0.4 is 0 Å². The van der Waals surface area contributed by atoms with E-state index in [-0.39, 0.29) is 12.0 Å². The standard InChI is InChI=1S/C60H50N6.4ClH.2Co/c1-41-31-37-51(43(3)39-41)65-59(47-23-13-7-14-24-47)55-29-17-27-53(63-55)57(45-19-9-5-10-20-45)61-49-33-35-50(36-34-49)62-58(46-21-11-6-12-22-46)54-28-18-30-56(64-54)60(48-25-15-8-16-26-48)66-52-38-32-42(2)40-44(52)4;;;;;;/h5-40,43,51H,1-4H3;4*1H;;/q;;;;;2*+2/p-4. The third-order valence-corrected chi connectivity index (χ3v) is 11.5. The summed E-state index contributed by atoms with van der Waals surface area (Å²) in [7, 11) is 18.9. The van der Waals surface area contributed by atoms with E-state index in [0.29, 0.717) is 25.8 Å². The molecular formula is C60H50Cl4Co2N6. The molecule has 9 rings (SSSR count). The van der Waals surface area contributed by atoms with Gasteiger partial charge in [-0.05, 0) is 80.9 Å². The first-order chi connectivity index (χ1) is 35.2. The Labute approximate surface area is 452 Å². The van der Waals surface area contributed by atoms with Gasteiger partial charge in [0.15, 0.2) is 0 Å². The molecule has 2 aromatic heterocycles. The maximum atomic E-state index is 5.34. The van der Waals surface area contributed by atoms with Gasteiger partial charge in [-0.1, -0.05) is 182 Å². The summed E-state index contributed by atoms with van der Waals surface area (Å²) in [6, 6.07) is 67.5. The van der Waals surface area contributed by atoms with Crippen molar-refractivity contribution in [1.82, 2.24) is 9.97 Å². The van der Waals surface area contributed by atoms with Crippen molar-refractivity contribution in [3.63, 3.8) is 0 Å². The van der Waals surface area contributed by atoms with E-state index < -0.39 is 0 Å². The summed E-state index contributed by atoms with van der Waals surface area (Å²) in [5, 5.41) is 0. The number of hydrogen-bond donors (Lipinski definition) is 0. The minimum atomic E-state index is -0.00562. The van der Waals surface area contributed by atoms with Crippen LogP contribution in [0.25, 0.3) is 0 Å². The average molecular weight is 1110 g/mol. The zero-order chi connectivity index (χ0) is 50.7. The first-order valence-electron chi connectivity index (χ1n) is 22.9. The second-order valence-corrected chi connectivity index (χ2v) is 20.1. The van der Waals surface area contributed by atoms with Gasteiger partial charge in [0.05, 0.1) is 68.7 Å². The number of aliphatic imine (C=N–C) groups is 4. The third-order valence-electron chi connectivity index (χ3n) is 11.5.